The normalized spacial score (nSPS) is 19.6. The lowest BCUT2D eigenvalue weighted by molar-refractivity contribution is -0.139. The van der Waals surface area contributed by atoms with Gasteiger partial charge in [-0.1, -0.05) is 0 Å². The molecule has 0 fully saturated rings. The van der Waals surface area contributed by atoms with Gasteiger partial charge >= 0.3 is 5.97 Å². The molecule has 1 aromatic rings. The van der Waals surface area contributed by atoms with Crippen molar-refractivity contribution in [3.8, 4) is 5.75 Å². The Morgan fingerprint density at radius 1 is 1.58 bits per heavy atom. The van der Waals surface area contributed by atoms with Crippen LogP contribution in [0.15, 0.2) is 18.2 Å². The summed E-state index contributed by atoms with van der Waals surface area (Å²) >= 11 is 0. The molecule has 0 aromatic heterocycles. The van der Waals surface area contributed by atoms with Crippen molar-refractivity contribution in [3.63, 3.8) is 0 Å². The number of halogens is 1. The summed E-state index contributed by atoms with van der Waals surface area (Å²) in [4.78, 5) is 11.0. The van der Waals surface area contributed by atoms with E-state index >= 15 is 0 Å². The Morgan fingerprint density at radius 2 is 2.26 bits per heavy atom. The molecule has 6 heteroatoms. The van der Waals surface area contributed by atoms with Crippen LogP contribution >= 0.6 is 0 Å². The molecule has 2 rings (SSSR count). The highest BCUT2D eigenvalue weighted by Gasteiger charge is 2.37. The number of rotatable bonds is 4. The van der Waals surface area contributed by atoms with Crippen molar-refractivity contribution in [2.75, 3.05) is 5.75 Å². The quantitative estimate of drug-likeness (QED) is 0.915. The minimum Gasteiger partial charge on any atom is -0.489 e. The second kappa shape index (κ2) is 4.92. The van der Waals surface area contributed by atoms with E-state index in [4.69, 9.17) is 9.84 Å². The third-order valence-electron chi connectivity index (χ3n) is 3.19. The second-order valence-electron chi connectivity index (χ2n) is 5.02. The molecule has 1 heterocycles. The van der Waals surface area contributed by atoms with E-state index < -0.39 is 21.5 Å². The maximum Gasteiger partial charge on any atom is 0.321 e. The zero-order valence-electron chi connectivity index (χ0n) is 10.7. The number of carboxylic acid groups (broad SMARTS) is 1. The fourth-order valence-corrected chi connectivity index (χ4v) is 2.99. The van der Waals surface area contributed by atoms with Crippen LogP contribution in [0, 0.1) is 5.82 Å². The fourth-order valence-electron chi connectivity index (χ4n) is 1.86. The van der Waals surface area contributed by atoms with Gasteiger partial charge in [-0.25, -0.2) is 4.39 Å². The molecule has 0 bridgehead atoms. The van der Waals surface area contributed by atoms with Crippen LogP contribution in [0.1, 0.15) is 19.4 Å². The van der Waals surface area contributed by atoms with Gasteiger partial charge in [-0.05, 0) is 32.0 Å². The SMILES string of the molecule is CC(C)(C(=O)O)S(=O)CC1Cc2cc(F)ccc2O1. The number of carbonyl (C=O) groups is 1. The largest absolute Gasteiger partial charge is 0.489 e. The zero-order valence-corrected chi connectivity index (χ0v) is 11.5. The van der Waals surface area contributed by atoms with E-state index in [0.717, 1.165) is 5.56 Å². The van der Waals surface area contributed by atoms with Gasteiger partial charge in [0.2, 0.25) is 0 Å². The molecule has 0 spiro atoms. The van der Waals surface area contributed by atoms with Crippen LogP contribution in [0.3, 0.4) is 0 Å². The number of carboxylic acids is 1. The molecule has 104 valence electrons. The van der Waals surface area contributed by atoms with Crippen molar-refractivity contribution in [1.82, 2.24) is 0 Å². The average molecular weight is 286 g/mol. The fraction of sp³-hybridized carbons (Fsp3) is 0.462. The lowest BCUT2D eigenvalue weighted by Gasteiger charge is -2.20. The molecular formula is C13H15FO4S. The number of aliphatic carboxylic acids is 1. The first-order valence-corrected chi connectivity index (χ1v) is 7.19. The Bertz CT molecular complexity index is 541. The molecule has 2 atom stereocenters. The number of ether oxygens (including phenoxy) is 1. The molecule has 1 aromatic carbocycles. The van der Waals surface area contributed by atoms with Crippen molar-refractivity contribution < 1.29 is 23.2 Å². The standard InChI is InChI=1S/C13H15FO4S/c1-13(2,12(15)16)19(17)7-10-6-8-5-9(14)3-4-11(8)18-10/h3-5,10H,6-7H2,1-2H3,(H,15,16). The van der Waals surface area contributed by atoms with Crippen LogP contribution in [0.5, 0.6) is 5.75 Å². The number of fused-ring (bicyclic) bond motifs is 1. The lowest BCUT2D eigenvalue weighted by atomic mass is 10.1. The molecule has 2 unspecified atom stereocenters. The average Bonchev–Trinajstić information content (AvgIpc) is 2.69. The van der Waals surface area contributed by atoms with Crippen molar-refractivity contribution in [3.05, 3.63) is 29.6 Å². The van der Waals surface area contributed by atoms with Crippen molar-refractivity contribution in [2.24, 2.45) is 0 Å². The molecular weight excluding hydrogens is 271 g/mol. The minimum atomic E-state index is -1.56. The van der Waals surface area contributed by atoms with Crippen LogP contribution in [-0.4, -0.2) is 31.9 Å². The number of benzene rings is 1. The van der Waals surface area contributed by atoms with Crippen LogP contribution in [-0.2, 0) is 22.0 Å². The Labute approximate surface area is 113 Å². The number of hydrogen-bond donors (Lipinski definition) is 1. The van der Waals surface area contributed by atoms with Crippen LogP contribution < -0.4 is 4.74 Å². The summed E-state index contributed by atoms with van der Waals surface area (Å²) in [6.07, 6.45) is 0.0883. The molecule has 0 saturated carbocycles. The van der Waals surface area contributed by atoms with E-state index in [2.05, 4.69) is 0 Å². The van der Waals surface area contributed by atoms with Gasteiger partial charge in [0, 0.05) is 22.8 Å². The van der Waals surface area contributed by atoms with E-state index in [1.54, 1.807) is 0 Å². The first kappa shape index (κ1) is 14.0. The molecule has 1 N–H and O–H groups in total. The van der Waals surface area contributed by atoms with Gasteiger partial charge in [0.25, 0.3) is 0 Å². The van der Waals surface area contributed by atoms with Gasteiger partial charge < -0.3 is 9.84 Å². The van der Waals surface area contributed by atoms with E-state index in [1.807, 2.05) is 0 Å². The van der Waals surface area contributed by atoms with Crippen molar-refractivity contribution in [2.45, 2.75) is 31.1 Å². The molecule has 0 radical (unpaired) electrons. The topological polar surface area (TPSA) is 63.6 Å². The highest BCUT2D eigenvalue weighted by molar-refractivity contribution is 7.87. The Balaban J connectivity index is 2.05. The summed E-state index contributed by atoms with van der Waals surface area (Å²) < 4.78 is 29.3. The maximum atomic E-state index is 13.1. The Hall–Kier alpha value is -1.43. The van der Waals surface area contributed by atoms with Gasteiger partial charge in [0.05, 0.1) is 5.75 Å². The second-order valence-corrected chi connectivity index (χ2v) is 7.07. The summed E-state index contributed by atoms with van der Waals surface area (Å²) in [5.74, 6) is -0.741. The lowest BCUT2D eigenvalue weighted by Crippen LogP contribution is -2.40. The van der Waals surface area contributed by atoms with E-state index in [0.29, 0.717) is 12.2 Å². The molecule has 4 nitrogen and oxygen atoms in total. The highest BCUT2D eigenvalue weighted by atomic mass is 32.2. The summed E-state index contributed by atoms with van der Waals surface area (Å²) in [5, 5.41) is 9.01. The maximum absolute atomic E-state index is 13.1. The predicted octanol–water partition coefficient (Wildman–Crippen LogP) is 1.74. The van der Waals surface area contributed by atoms with Gasteiger partial charge in [-0.2, -0.15) is 0 Å². The first-order valence-electron chi connectivity index (χ1n) is 5.87. The van der Waals surface area contributed by atoms with Gasteiger partial charge in [-0.3, -0.25) is 9.00 Å². The molecule has 0 saturated heterocycles. The Morgan fingerprint density at radius 3 is 2.89 bits per heavy atom. The van der Waals surface area contributed by atoms with Crippen molar-refractivity contribution in [1.29, 1.82) is 0 Å². The summed E-state index contributed by atoms with van der Waals surface area (Å²) in [7, 11) is -1.56. The van der Waals surface area contributed by atoms with Crippen LogP contribution in [0.25, 0.3) is 0 Å². The Kier molecular flexibility index (Phi) is 3.62. The van der Waals surface area contributed by atoms with E-state index in [9.17, 15) is 13.4 Å². The number of hydrogen-bond acceptors (Lipinski definition) is 3. The molecule has 1 aliphatic heterocycles. The summed E-state index contributed by atoms with van der Waals surface area (Å²) in [6, 6.07) is 4.23. The van der Waals surface area contributed by atoms with E-state index in [-0.39, 0.29) is 17.7 Å². The molecule has 0 amide bonds. The molecule has 1 aliphatic rings. The minimum absolute atomic E-state index is 0.121. The van der Waals surface area contributed by atoms with Gasteiger partial charge in [0.1, 0.15) is 22.4 Å². The zero-order chi connectivity index (χ0) is 14.2. The highest BCUT2D eigenvalue weighted by Crippen LogP contribution is 2.30. The summed E-state index contributed by atoms with van der Waals surface area (Å²) in [6.45, 7) is 2.85. The molecule has 19 heavy (non-hydrogen) atoms. The smallest absolute Gasteiger partial charge is 0.321 e. The van der Waals surface area contributed by atoms with E-state index in [1.165, 1.54) is 32.0 Å². The molecule has 0 aliphatic carbocycles. The van der Waals surface area contributed by atoms with Crippen molar-refractivity contribution >= 4 is 16.8 Å². The third-order valence-corrected chi connectivity index (χ3v) is 5.17. The predicted molar refractivity (Wildman–Crippen MR) is 69.2 cm³/mol. The monoisotopic (exact) mass is 286 g/mol. The van der Waals surface area contributed by atoms with Gasteiger partial charge in [-0.15, -0.1) is 0 Å². The van der Waals surface area contributed by atoms with Crippen LogP contribution in [0.2, 0.25) is 0 Å². The van der Waals surface area contributed by atoms with Crippen LogP contribution in [0.4, 0.5) is 4.39 Å². The first-order chi connectivity index (χ1) is 8.80. The third kappa shape index (κ3) is 2.78. The van der Waals surface area contributed by atoms with Gasteiger partial charge in [0.15, 0.2) is 0 Å². The summed E-state index contributed by atoms with van der Waals surface area (Å²) in [5.41, 5.74) is 0.732.